The molecule has 0 fully saturated rings. The molecule has 3 nitrogen and oxygen atoms in total. The van der Waals surface area contributed by atoms with Crippen LogP contribution in [0.1, 0.15) is 61.4 Å². The first kappa shape index (κ1) is 14.2. The normalized spacial score (nSPS) is 12.1. The van der Waals surface area contributed by atoms with Crippen molar-refractivity contribution in [3.63, 3.8) is 0 Å². The molecule has 0 bridgehead atoms. The zero-order chi connectivity index (χ0) is 13.2. The number of aryl methyl sites for hydroxylation is 1. The van der Waals surface area contributed by atoms with Crippen molar-refractivity contribution in [2.24, 2.45) is 5.92 Å². The number of aromatic nitrogens is 1. The molecular weight excluding hydrogens is 234 g/mol. The Morgan fingerprint density at radius 1 is 1.41 bits per heavy atom. The van der Waals surface area contributed by atoms with Gasteiger partial charge in [0.2, 0.25) is 0 Å². The minimum atomic E-state index is -0.858. The topological polar surface area (TPSA) is 50.2 Å². The quantitative estimate of drug-likeness (QED) is 0.892. The molecular formula is C13H21NO2S. The van der Waals surface area contributed by atoms with Gasteiger partial charge in [-0.3, -0.25) is 0 Å². The zero-order valence-corrected chi connectivity index (χ0v) is 12.0. The molecule has 0 unspecified atom stereocenters. The summed E-state index contributed by atoms with van der Waals surface area (Å²) in [6, 6.07) is 0. The SMILES string of the molecule is CC(C)CCc1nc(C(C)(C)C)c(C(=O)O)s1. The van der Waals surface area contributed by atoms with Crippen LogP contribution in [0.2, 0.25) is 0 Å². The number of rotatable bonds is 4. The first-order chi connectivity index (χ1) is 7.71. The molecule has 17 heavy (non-hydrogen) atoms. The molecule has 0 spiro atoms. The van der Waals surface area contributed by atoms with Crippen LogP contribution in [0, 0.1) is 5.92 Å². The molecule has 1 rings (SSSR count). The van der Waals surface area contributed by atoms with Gasteiger partial charge in [-0.25, -0.2) is 9.78 Å². The van der Waals surface area contributed by atoms with Crippen LogP contribution >= 0.6 is 11.3 Å². The Morgan fingerprint density at radius 2 is 2.00 bits per heavy atom. The predicted octanol–water partition coefficient (Wildman–Crippen LogP) is 3.73. The highest BCUT2D eigenvalue weighted by Crippen LogP contribution is 2.30. The van der Waals surface area contributed by atoms with Gasteiger partial charge in [-0.2, -0.15) is 0 Å². The molecule has 1 aromatic heterocycles. The molecule has 96 valence electrons. The van der Waals surface area contributed by atoms with Crippen LogP contribution in [-0.4, -0.2) is 16.1 Å². The molecule has 1 N–H and O–H groups in total. The lowest BCUT2D eigenvalue weighted by atomic mass is 9.91. The summed E-state index contributed by atoms with van der Waals surface area (Å²) in [6.45, 7) is 10.3. The van der Waals surface area contributed by atoms with Gasteiger partial charge in [0, 0.05) is 5.41 Å². The van der Waals surface area contributed by atoms with Crippen molar-refractivity contribution in [2.75, 3.05) is 0 Å². The maximum Gasteiger partial charge on any atom is 0.347 e. The first-order valence-electron chi connectivity index (χ1n) is 5.95. The van der Waals surface area contributed by atoms with Crippen LogP contribution in [0.5, 0.6) is 0 Å². The monoisotopic (exact) mass is 255 g/mol. The van der Waals surface area contributed by atoms with Gasteiger partial charge in [0.05, 0.1) is 10.7 Å². The van der Waals surface area contributed by atoms with Crippen molar-refractivity contribution >= 4 is 17.3 Å². The Kier molecular flexibility index (Phi) is 4.31. The highest BCUT2D eigenvalue weighted by Gasteiger charge is 2.26. The van der Waals surface area contributed by atoms with E-state index in [1.807, 2.05) is 20.8 Å². The lowest BCUT2D eigenvalue weighted by Crippen LogP contribution is -2.16. The maximum atomic E-state index is 11.2. The number of hydrogen-bond donors (Lipinski definition) is 1. The van der Waals surface area contributed by atoms with Crippen LogP contribution in [0.3, 0.4) is 0 Å². The molecule has 4 heteroatoms. The van der Waals surface area contributed by atoms with E-state index in [9.17, 15) is 9.90 Å². The van der Waals surface area contributed by atoms with Crippen molar-refractivity contribution in [3.8, 4) is 0 Å². The first-order valence-corrected chi connectivity index (χ1v) is 6.77. The third-order valence-corrected chi connectivity index (χ3v) is 3.61. The highest BCUT2D eigenvalue weighted by atomic mass is 32.1. The van der Waals surface area contributed by atoms with Crippen LogP contribution in [0.4, 0.5) is 0 Å². The summed E-state index contributed by atoms with van der Waals surface area (Å²) in [5.41, 5.74) is 0.508. The Hall–Kier alpha value is -0.900. The van der Waals surface area contributed by atoms with Crippen molar-refractivity contribution < 1.29 is 9.90 Å². The summed E-state index contributed by atoms with van der Waals surface area (Å²) in [7, 11) is 0. The van der Waals surface area contributed by atoms with Crippen LogP contribution in [0.25, 0.3) is 0 Å². The fourth-order valence-electron chi connectivity index (χ4n) is 1.54. The van der Waals surface area contributed by atoms with Gasteiger partial charge in [0.1, 0.15) is 4.88 Å². The van der Waals surface area contributed by atoms with Gasteiger partial charge < -0.3 is 5.11 Å². The van der Waals surface area contributed by atoms with E-state index in [1.54, 1.807) is 0 Å². The van der Waals surface area contributed by atoms with E-state index in [0.29, 0.717) is 16.5 Å². The summed E-state index contributed by atoms with van der Waals surface area (Å²) in [5.74, 6) is -0.242. The minimum absolute atomic E-state index is 0.208. The second-order valence-electron chi connectivity index (χ2n) is 5.77. The minimum Gasteiger partial charge on any atom is -0.477 e. The number of hydrogen-bond acceptors (Lipinski definition) is 3. The average molecular weight is 255 g/mol. The molecule has 0 aromatic carbocycles. The third-order valence-electron chi connectivity index (χ3n) is 2.51. The lowest BCUT2D eigenvalue weighted by Gasteiger charge is -2.16. The second kappa shape index (κ2) is 5.17. The predicted molar refractivity (Wildman–Crippen MR) is 70.9 cm³/mol. The summed E-state index contributed by atoms with van der Waals surface area (Å²) in [6.07, 6.45) is 1.93. The fraction of sp³-hybridized carbons (Fsp3) is 0.692. The summed E-state index contributed by atoms with van der Waals surface area (Å²) in [4.78, 5) is 16.1. The Bertz CT molecular complexity index is 402. The van der Waals surface area contributed by atoms with Crippen LogP contribution in [0.15, 0.2) is 0 Å². The Balaban J connectivity index is 3.01. The highest BCUT2D eigenvalue weighted by molar-refractivity contribution is 7.13. The number of thiazole rings is 1. The summed E-state index contributed by atoms with van der Waals surface area (Å²) < 4.78 is 0. The lowest BCUT2D eigenvalue weighted by molar-refractivity contribution is 0.0699. The molecule has 1 heterocycles. The van der Waals surface area contributed by atoms with Crippen molar-refractivity contribution in [2.45, 2.75) is 52.9 Å². The number of carboxylic acids is 1. The average Bonchev–Trinajstić information content (AvgIpc) is 2.57. The van der Waals surface area contributed by atoms with Crippen molar-refractivity contribution in [1.29, 1.82) is 0 Å². The van der Waals surface area contributed by atoms with E-state index in [1.165, 1.54) is 11.3 Å². The van der Waals surface area contributed by atoms with E-state index in [4.69, 9.17) is 0 Å². The molecule has 0 aliphatic rings. The van der Waals surface area contributed by atoms with Gasteiger partial charge in [0.25, 0.3) is 0 Å². The van der Waals surface area contributed by atoms with E-state index >= 15 is 0 Å². The largest absolute Gasteiger partial charge is 0.477 e. The zero-order valence-electron chi connectivity index (χ0n) is 11.2. The molecule has 0 aliphatic heterocycles. The van der Waals surface area contributed by atoms with Crippen molar-refractivity contribution in [3.05, 3.63) is 15.6 Å². The van der Waals surface area contributed by atoms with Crippen molar-refractivity contribution in [1.82, 2.24) is 4.98 Å². The second-order valence-corrected chi connectivity index (χ2v) is 6.86. The van der Waals surface area contributed by atoms with Gasteiger partial charge in [-0.1, -0.05) is 34.6 Å². The van der Waals surface area contributed by atoms with E-state index in [2.05, 4.69) is 18.8 Å². The maximum absolute atomic E-state index is 11.2. The van der Waals surface area contributed by atoms with Crippen LogP contribution < -0.4 is 0 Å². The molecule has 1 aromatic rings. The third kappa shape index (κ3) is 3.80. The van der Waals surface area contributed by atoms with Gasteiger partial charge in [-0.15, -0.1) is 11.3 Å². The molecule has 0 saturated carbocycles. The Morgan fingerprint density at radius 3 is 2.35 bits per heavy atom. The molecule has 0 amide bonds. The van der Waals surface area contributed by atoms with E-state index < -0.39 is 5.97 Å². The number of aromatic carboxylic acids is 1. The number of carbonyl (C=O) groups is 1. The number of nitrogens with zero attached hydrogens (tertiary/aromatic N) is 1. The smallest absolute Gasteiger partial charge is 0.347 e. The molecule has 0 aliphatic carbocycles. The standard InChI is InChI=1S/C13H21NO2S/c1-8(2)6-7-9-14-11(13(3,4)5)10(17-9)12(15)16/h8H,6-7H2,1-5H3,(H,15,16). The number of carboxylic acid groups (broad SMARTS) is 1. The summed E-state index contributed by atoms with van der Waals surface area (Å²) >= 11 is 1.33. The van der Waals surface area contributed by atoms with E-state index in [-0.39, 0.29) is 5.41 Å². The molecule has 0 saturated heterocycles. The van der Waals surface area contributed by atoms with Crippen LogP contribution in [-0.2, 0) is 11.8 Å². The van der Waals surface area contributed by atoms with Gasteiger partial charge in [0.15, 0.2) is 0 Å². The summed E-state index contributed by atoms with van der Waals surface area (Å²) in [5, 5.41) is 10.1. The van der Waals surface area contributed by atoms with Gasteiger partial charge in [-0.05, 0) is 18.8 Å². The fourth-order valence-corrected chi connectivity index (χ4v) is 2.67. The van der Waals surface area contributed by atoms with E-state index in [0.717, 1.165) is 17.8 Å². The van der Waals surface area contributed by atoms with Gasteiger partial charge >= 0.3 is 5.97 Å². The molecule has 0 atom stereocenters. The molecule has 0 radical (unpaired) electrons. The Labute approximate surface area is 107 Å².